The Bertz CT molecular complexity index is 782. The Morgan fingerprint density at radius 3 is 2.62 bits per heavy atom. The van der Waals surface area contributed by atoms with E-state index in [0.29, 0.717) is 19.7 Å². The van der Waals surface area contributed by atoms with E-state index in [0.717, 1.165) is 15.9 Å². The minimum absolute atomic E-state index is 0.0236. The Labute approximate surface area is 161 Å². The first kappa shape index (κ1) is 18.5. The van der Waals surface area contributed by atoms with Gasteiger partial charge < -0.3 is 14.5 Å². The van der Waals surface area contributed by atoms with Gasteiger partial charge in [0.2, 0.25) is 11.8 Å². The Morgan fingerprint density at radius 2 is 1.88 bits per heavy atom. The molecule has 1 fully saturated rings. The van der Waals surface area contributed by atoms with E-state index in [9.17, 15) is 9.59 Å². The lowest BCUT2D eigenvalue weighted by atomic mass is 10.1. The molecule has 26 heavy (non-hydrogen) atoms. The van der Waals surface area contributed by atoms with Crippen molar-refractivity contribution in [2.45, 2.75) is 6.42 Å². The maximum Gasteiger partial charge on any atom is 0.227 e. The standard InChI is InChI=1S/C20H21BrN2O3/c1-22(11-12-26-16-7-3-2-4-8-16)20(25)15-13-19(24)23(14-15)18-10-6-5-9-17(18)21/h2-10,15H,11-14H2,1H3/t15-/m0/s1. The number of benzene rings is 2. The first-order valence-corrected chi connectivity index (χ1v) is 9.33. The van der Waals surface area contributed by atoms with Gasteiger partial charge in [-0.15, -0.1) is 0 Å². The van der Waals surface area contributed by atoms with Gasteiger partial charge in [0, 0.05) is 24.5 Å². The summed E-state index contributed by atoms with van der Waals surface area (Å²) in [7, 11) is 1.75. The SMILES string of the molecule is CN(CCOc1ccccc1)C(=O)[C@H]1CC(=O)N(c2ccccc2Br)C1. The number of halogens is 1. The number of carbonyl (C=O) groups excluding carboxylic acids is 2. The molecule has 0 N–H and O–H groups in total. The largest absolute Gasteiger partial charge is 0.492 e. The molecule has 1 aliphatic rings. The van der Waals surface area contributed by atoms with E-state index in [1.54, 1.807) is 16.8 Å². The van der Waals surface area contributed by atoms with Crippen molar-refractivity contribution in [3.8, 4) is 5.75 Å². The lowest BCUT2D eigenvalue weighted by Gasteiger charge is -2.22. The molecule has 1 atom stereocenters. The normalized spacial score (nSPS) is 16.6. The van der Waals surface area contributed by atoms with Gasteiger partial charge in [0.15, 0.2) is 0 Å². The second kappa shape index (κ2) is 8.36. The zero-order valence-corrected chi connectivity index (χ0v) is 16.2. The molecule has 6 heteroatoms. The van der Waals surface area contributed by atoms with Gasteiger partial charge in [0.25, 0.3) is 0 Å². The van der Waals surface area contributed by atoms with Crippen molar-refractivity contribution in [3.63, 3.8) is 0 Å². The smallest absolute Gasteiger partial charge is 0.227 e. The van der Waals surface area contributed by atoms with E-state index in [1.165, 1.54) is 0 Å². The zero-order valence-electron chi connectivity index (χ0n) is 14.6. The van der Waals surface area contributed by atoms with Crippen LogP contribution in [0, 0.1) is 5.92 Å². The average Bonchev–Trinajstić information content (AvgIpc) is 3.04. The number of ether oxygens (including phenoxy) is 1. The molecule has 3 rings (SSSR count). The van der Waals surface area contributed by atoms with Crippen LogP contribution < -0.4 is 9.64 Å². The van der Waals surface area contributed by atoms with Crippen molar-refractivity contribution < 1.29 is 14.3 Å². The Kier molecular flexibility index (Phi) is 5.93. The Hall–Kier alpha value is -2.34. The number of nitrogens with zero attached hydrogens (tertiary/aromatic N) is 2. The van der Waals surface area contributed by atoms with Crippen LogP contribution in [0.2, 0.25) is 0 Å². The van der Waals surface area contributed by atoms with Crippen molar-refractivity contribution in [1.29, 1.82) is 0 Å². The predicted octanol–water partition coefficient (Wildman–Crippen LogP) is 3.34. The van der Waals surface area contributed by atoms with Gasteiger partial charge in [-0.3, -0.25) is 9.59 Å². The molecule has 2 aromatic rings. The van der Waals surface area contributed by atoms with E-state index in [2.05, 4.69) is 15.9 Å². The summed E-state index contributed by atoms with van der Waals surface area (Å²) in [5.41, 5.74) is 0.808. The lowest BCUT2D eigenvalue weighted by Crippen LogP contribution is -2.37. The highest BCUT2D eigenvalue weighted by atomic mass is 79.9. The van der Waals surface area contributed by atoms with Crippen LogP contribution in [-0.2, 0) is 9.59 Å². The summed E-state index contributed by atoms with van der Waals surface area (Å²) in [6.45, 7) is 1.30. The fourth-order valence-corrected chi connectivity index (χ4v) is 3.51. The monoisotopic (exact) mass is 416 g/mol. The second-order valence-corrected chi connectivity index (χ2v) is 7.13. The van der Waals surface area contributed by atoms with Gasteiger partial charge in [0.1, 0.15) is 12.4 Å². The Morgan fingerprint density at radius 1 is 1.19 bits per heavy atom. The van der Waals surface area contributed by atoms with Crippen LogP contribution in [0.25, 0.3) is 0 Å². The first-order valence-electron chi connectivity index (χ1n) is 8.54. The van der Waals surface area contributed by atoms with Crippen LogP contribution in [0.5, 0.6) is 5.75 Å². The lowest BCUT2D eigenvalue weighted by molar-refractivity contribution is -0.134. The molecular formula is C20H21BrN2O3. The third-order valence-electron chi connectivity index (χ3n) is 4.43. The van der Waals surface area contributed by atoms with Crippen LogP contribution in [0.15, 0.2) is 59.1 Å². The Balaban J connectivity index is 1.55. The van der Waals surface area contributed by atoms with E-state index >= 15 is 0 Å². The van der Waals surface area contributed by atoms with Gasteiger partial charge in [-0.1, -0.05) is 30.3 Å². The van der Waals surface area contributed by atoms with Gasteiger partial charge in [-0.2, -0.15) is 0 Å². The maximum atomic E-state index is 12.7. The summed E-state index contributed by atoms with van der Waals surface area (Å²) < 4.78 is 6.49. The van der Waals surface area contributed by atoms with Crippen molar-refractivity contribution in [3.05, 3.63) is 59.1 Å². The molecule has 2 amide bonds. The summed E-state index contributed by atoms with van der Waals surface area (Å²) >= 11 is 3.47. The van der Waals surface area contributed by atoms with Gasteiger partial charge in [-0.05, 0) is 40.2 Å². The molecule has 0 radical (unpaired) electrons. The molecule has 1 heterocycles. The molecular weight excluding hydrogens is 396 g/mol. The zero-order chi connectivity index (χ0) is 18.5. The fourth-order valence-electron chi connectivity index (χ4n) is 3.02. The minimum atomic E-state index is -0.323. The molecule has 1 aliphatic heterocycles. The quantitative estimate of drug-likeness (QED) is 0.725. The molecule has 0 aromatic heterocycles. The van der Waals surface area contributed by atoms with Crippen molar-refractivity contribution in [2.75, 3.05) is 31.6 Å². The van der Waals surface area contributed by atoms with Gasteiger partial charge >= 0.3 is 0 Å². The van der Waals surface area contributed by atoms with Gasteiger partial charge in [-0.25, -0.2) is 0 Å². The van der Waals surface area contributed by atoms with Crippen LogP contribution in [-0.4, -0.2) is 43.5 Å². The molecule has 0 saturated carbocycles. The van der Waals surface area contributed by atoms with Crippen molar-refractivity contribution >= 4 is 33.4 Å². The average molecular weight is 417 g/mol. The molecule has 0 aliphatic carbocycles. The van der Waals surface area contributed by atoms with E-state index in [-0.39, 0.29) is 24.2 Å². The number of amides is 2. The fraction of sp³-hybridized carbons (Fsp3) is 0.300. The van der Waals surface area contributed by atoms with Crippen LogP contribution in [0.4, 0.5) is 5.69 Å². The van der Waals surface area contributed by atoms with E-state index < -0.39 is 0 Å². The summed E-state index contributed by atoms with van der Waals surface area (Å²) in [6.07, 6.45) is 0.240. The first-order chi connectivity index (χ1) is 12.6. The summed E-state index contributed by atoms with van der Waals surface area (Å²) in [4.78, 5) is 28.4. The molecule has 2 aromatic carbocycles. The van der Waals surface area contributed by atoms with Crippen LogP contribution in [0.3, 0.4) is 0 Å². The highest BCUT2D eigenvalue weighted by Crippen LogP contribution is 2.31. The van der Waals surface area contributed by atoms with E-state index in [4.69, 9.17) is 4.74 Å². The minimum Gasteiger partial charge on any atom is -0.492 e. The number of carbonyl (C=O) groups is 2. The topological polar surface area (TPSA) is 49.9 Å². The highest BCUT2D eigenvalue weighted by Gasteiger charge is 2.36. The van der Waals surface area contributed by atoms with E-state index in [1.807, 2.05) is 54.6 Å². The summed E-state index contributed by atoms with van der Waals surface area (Å²) in [5.74, 6) is 0.412. The number of likely N-dealkylation sites (N-methyl/N-ethyl adjacent to an activating group) is 1. The highest BCUT2D eigenvalue weighted by molar-refractivity contribution is 9.10. The molecule has 0 spiro atoms. The van der Waals surface area contributed by atoms with Gasteiger partial charge in [0.05, 0.1) is 18.2 Å². The number of anilines is 1. The van der Waals surface area contributed by atoms with Crippen molar-refractivity contribution in [2.24, 2.45) is 5.92 Å². The third-order valence-corrected chi connectivity index (χ3v) is 5.10. The molecule has 1 saturated heterocycles. The maximum absolute atomic E-state index is 12.7. The third kappa shape index (κ3) is 4.25. The summed E-state index contributed by atoms with van der Waals surface area (Å²) in [6, 6.07) is 17.1. The number of para-hydroxylation sites is 2. The number of hydrogen-bond donors (Lipinski definition) is 0. The summed E-state index contributed by atoms with van der Waals surface area (Å²) in [5, 5.41) is 0. The molecule has 5 nitrogen and oxygen atoms in total. The molecule has 0 bridgehead atoms. The second-order valence-electron chi connectivity index (χ2n) is 6.28. The van der Waals surface area contributed by atoms with Crippen molar-refractivity contribution in [1.82, 2.24) is 4.90 Å². The number of rotatable bonds is 6. The van der Waals surface area contributed by atoms with Crippen LogP contribution in [0.1, 0.15) is 6.42 Å². The molecule has 0 unspecified atom stereocenters. The van der Waals surface area contributed by atoms with Crippen LogP contribution >= 0.6 is 15.9 Å². The predicted molar refractivity (Wildman–Crippen MR) is 104 cm³/mol. The molecule has 136 valence electrons. The number of hydrogen-bond acceptors (Lipinski definition) is 3.